The fourth-order valence-electron chi connectivity index (χ4n) is 3.24. The highest BCUT2D eigenvalue weighted by atomic mass is 35.5. The number of aromatic nitrogens is 2. The summed E-state index contributed by atoms with van der Waals surface area (Å²) in [6.07, 6.45) is -4.74. The van der Waals surface area contributed by atoms with Crippen molar-refractivity contribution in [2.75, 3.05) is 0 Å². The average Bonchev–Trinajstić information content (AvgIpc) is 2.51. The van der Waals surface area contributed by atoms with Crippen molar-refractivity contribution in [3.05, 3.63) is 73.8 Å². The highest BCUT2D eigenvalue weighted by molar-refractivity contribution is 6.31. The Morgan fingerprint density at radius 2 is 1.69 bits per heavy atom. The highest BCUT2D eigenvalue weighted by Gasteiger charge is 2.36. The molecule has 0 aliphatic carbocycles. The summed E-state index contributed by atoms with van der Waals surface area (Å²) in [4.78, 5) is 15.7. The second-order valence-electron chi connectivity index (χ2n) is 6.37. The van der Waals surface area contributed by atoms with E-state index in [9.17, 15) is 18.0 Å². The minimum Gasteiger partial charge on any atom is -0.287 e. The molecule has 0 spiro atoms. The maximum Gasteiger partial charge on any atom is 0.434 e. The number of halogens is 4. The van der Waals surface area contributed by atoms with E-state index in [1.807, 2.05) is 32.9 Å². The van der Waals surface area contributed by atoms with Crippen LogP contribution in [-0.2, 0) is 12.7 Å². The van der Waals surface area contributed by atoms with Crippen LogP contribution in [0, 0.1) is 20.8 Å². The lowest BCUT2D eigenvalue weighted by molar-refractivity contribution is -0.140. The van der Waals surface area contributed by atoms with Crippen LogP contribution in [0.3, 0.4) is 0 Å². The molecule has 0 saturated carbocycles. The summed E-state index contributed by atoms with van der Waals surface area (Å²) in [5, 5.41) is -0.0373. The molecule has 136 valence electrons. The Morgan fingerprint density at radius 3 is 2.27 bits per heavy atom. The molecule has 0 N–H and O–H groups in total. The molecular formula is C19H16ClF3N2O. The van der Waals surface area contributed by atoms with E-state index in [1.165, 1.54) is 22.8 Å². The van der Waals surface area contributed by atoms with Gasteiger partial charge in [-0.05, 0) is 55.7 Å². The van der Waals surface area contributed by atoms with Crippen molar-refractivity contribution in [1.82, 2.24) is 9.55 Å². The first-order valence-corrected chi connectivity index (χ1v) is 8.29. The van der Waals surface area contributed by atoms with Crippen LogP contribution in [-0.4, -0.2) is 9.55 Å². The largest absolute Gasteiger partial charge is 0.434 e. The van der Waals surface area contributed by atoms with Gasteiger partial charge in [-0.2, -0.15) is 18.2 Å². The number of fused-ring (bicyclic) bond motifs is 1. The van der Waals surface area contributed by atoms with Crippen LogP contribution >= 0.6 is 11.6 Å². The standard InChI is InChI=1S/C19H16ClF3N2O/c1-10-6-11(2)15(12(3)7-10)9-25-16-5-4-13(20)8-14(16)17(19(21,22)23)24-18(25)26/h4-8H,9H2,1-3H3. The van der Waals surface area contributed by atoms with Crippen LogP contribution in [0.2, 0.25) is 5.02 Å². The molecule has 0 saturated heterocycles. The Bertz CT molecular complexity index is 1050. The van der Waals surface area contributed by atoms with Gasteiger partial charge < -0.3 is 0 Å². The summed E-state index contributed by atoms with van der Waals surface area (Å²) in [6, 6.07) is 8.04. The second-order valence-corrected chi connectivity index (χ2v) is 6.80. The van der Waals surface area contributed by atoms with Crippen molar-refractivity contribution < 1.29 is 13.2 Å². The predicted molar refractivity (Wildman–Crippen MR) is 95.8 cm³/mol. The van der Waals surface area contributed by atoms with Crippen LogP contribution in [0.5, 0.6) is 0 Å². The van der Waals surface area contributed by atoms with Gasteiger partial charge in [-0.1, -0.05) is 29.3 Å². The summed E-state index contributed by atoms with van der Waals surface area (Å²) >= 11 is 5.88. The van der Waals surface area contributed by atoms with E-state index >= 15 is 0 Å². The fourth-order valence-corrected chi connectivity index (χ4v) is 3.41. The van der Waals surface area contributed by atoms with Gasteiger partial charge in [-0.25, -0.2) is 4.79 Å². The van der Waals surface area contributed by atoms with E-state index < -0.39 is 17.6 Å². The number of hydrogen-bond acceptors (Lipinski definition) is 2. The summed E-state index contributed by atoms with van der Waals surface area (Å²) in [5.41, 5.74) is 1.91. The number of rotatable bonds is 2. The maximum absolute atomic E-state index is 13.3. The molecule has 0 radical (unpaired) electrons. The minimum atomic E-state index is -4.74. The van der Waals surface area contributed by atoms with Crippen LogP contribution in [0.25, 0.3) is 10.9 Å². The lowest BCUT2D eigenvalue weighted by Gasteiger charge is -2.17. The zero-order valence-electron chi connectivity index (χ0n) is 14.4. The minimum absolute atomic E-state index is 0.139. The summed E-state index contributed by atoms with van der Waals surface area (Å²) in [5.74, 6) is 0. The number of aryl methyl sites for hydroxylation is 3. The molecule has 0 fully saturated rings. The van der Waals surface area contributed by atoms with Crippen molar-refractivity contribution in [2.24, 2.45) is 0 Å². The Balaban J connectivity index is 2.29. The lowest BCUT2D eigenvalue weighted by atomic mass is 9.99. The molecule has 0 atom stereocenters. The molecule has 3 aromatic rings. The molecule has 1 aromatic heterocycles. The molecule has 3 rings (SSSR count). The van der Waals surface area contributed by atoms with Crippen molar-refractivity contribution >= 4 is 22.5 Å². The molecule has 1 heterocycles. The number of hydrogen-bond donors (Lipinski definition) is 0. The van der Waals surface area contributed by atoms with Gasteiger partial charge in [0.15, 0.2) is 5.69 Å². The third kappa shape index (κ3) is 3.33. The smallest absolute Gasteiger partial charge is 0.287 e. The Hall–Kier alpha value is -2.34. The van der Waals surface area contributed by atoms with Gasteiger partial charge in [-0.3, -0.25) is 4.57 Å². The van der Waals surface area contributed by atoms with E-state index in [0.29, 0.717) is 0 Å². The topological polar surface area (TPSA) is 34.9 Å². The third-order valence-corrected chi connectivity index (χ3v) is 4.60. The fraction of sp³-hybridized carbons (Fsp3) is 0.263. The number of nitrogens with zero attached hydrogens (tertiary/aromatic N) is 2. The second kappa shape index (κ2) is 6.43. The van der Waals surface area contributed by atoms with Gasteiger partial charge in [-0.15, -0.1) is 0 Å². The van der Waals surface area contributed by atoms with Gasteiger partial charge in [0.05, 0.1) is 12.1 Å². The van der Waals surface area contributed by atoms with Gasteiger partial charge >= 0.3 is 11.9 Å². The lowest BCUT2D eigenvalue weighted by Crippen LogP contribution is -2.28. The summed E-state index contributed by atoms with van der Waals surface area (Å²) in [7, 11) is 0. The molecule has 3 nitrogen and oxygen atoms in total. The number of benzene rings is 2. The zero-order valence-corrected chi connectivity index (χ0v) is 15.2. The summed E-state index contributed by atoms with van der Waals surface area (Å²) in [6.45, 7) is 5.93. The molecule has 0 bridgehead atoms. The van der Waals surface area contributed by atoms with E-state index in [-0.39, 0.29) is 22.5 Å². The SMILES string of the molecule is Cc1cc(C)c(Cn2c(=O)nc(C(F)(F)F)c3cc(Cl)ccc32)c(C)c1. The van der Waals surface area contributed by atoms with Gasteiger partial charge in [0.25, 0.3) is 0 Å². The van der Waals surface area contributed by atoms with Crippen molar-refractivity contribution in [3.63, 3.8) is 0 Å². The first-order valence-electron chi connectivity index (χ1n) is 7.92. The van der Waals surface area contributed by atoms with Crippen LogP contribution in [0.15, 0.2) is 35.1 Å². The molecule has 0 aliphatic heterocycles. The molecule has 7 heteroatoms. The monoisotopic (exact) mass is 380 g/mol. The van der Waals surface area contributed by atoms with Crippen molar-refractivity contribution in [2.45, 2.75) is 33.5 Å². The predicted octanol–water partition coefficient (Wildman–Crippen LogP) is 5.04. The highest BCUT2D eigenvalue weighted by Crippen LogP contribution is 2.33. The van der Waals surface area contributed by atoms with E-state index in [1.54, 1.807) is 0 Å². The van der Waals surface area contributed by atoms with Crippen molar-refractivity contribution in [3.8, 4) is 0 Å². The summed E-state index contributed by atoms with van der Waals surface area (Å²) < 4.78 is 41.2. The van der Waals surface area contributed by atoms with E-state index in [4.69, 9.17) is 11.6 Å². The number of alkyl halides is 3. The normalized spacial score (nSPS) is 12.0. The van der Waals surface area contributed by atoms with Crippen LogP contribution < -0.4 is 5.69 Å². The molecular weight excluding hydrogens is 365 g/mol. The van der Waals surface area contributed by atoms with Crippen LogP contribution in [0.4, 0.5) is 13.2 Å². The van der Waals surface area contributed by atoms with Crippen LogP contribution in [0.1, 0.15) is 27.9 Å². The van der Waals surface area contributed by atoms with Crippen molar-refractivity contribution in [1.29, 1.82) is 0 Å². The third-order valence-electron chi connectivity index (χ3n) is 4.37. The average molecular weight is 381 g/mol. The van der Waals surface area contributed by atoms with Gasteiger partial charge in [0, 0.05) is 10.4 Å². The molecule has 0 unspecified atom stereocenters. The molecule has 26 heavy (non-hydrogen) atoms. The maximum atomic E-state index is 13.3. The zero-order chi connectivity index (χ0) is 19.2. The Kier molecular flexibility index (Phi) is 4.56. The van der Waals surface area contributed by atoms with Gasteiger partial charge in [0.2, 0.25) is 0 Å². The van der Waals surface area contributed by atoms with E-state index in [0.717, 1.165) is 22.3 Å². The first kappa shape index (κ1) is 18.5. The van der Waals surface area contributed by atoms with E-state index in [2.05, 4.69) is 4.98 Å². The van der Waals surface area contributed by atoms with Gasteiger partial charge in [0.1, 0.15) is 0 Å². The molecule has 0 amide bonds. The molecule has 2 aromatic carbocycles. The quantitative estimate of drug-likeness (QED) is 0.624. The Labute approximate surface area is 153 Å². The Morgan fingerprint density at radius 1 is 1.08 bits per heavy atom. The molecule has 0 aliphatic rings. The first-order chi connectivity index (χ1) is 12.1.